The molecule has 7 nitrogen and oxygen atoms in total. The first-order chi connectivity index (χ1) is 14.6. The van der Waals surface area contributed by atoms with Gasteiger partial charge in [-0.1, -0.05) is 24.8 Å². The number of aryl methyl sites for hydroxylation is 1. The number of nitrogens with zero attached hydrogens (tertiary/aromatic N) is 1. The molecular formula is C21H21N3O4S2. The average Bonchev–Trinajstić information content (AvgIpc) is 3.33. The second-order valence-electron chi connectivity index (χ2n) is 7.66. The van der Waals surface area contributed by atoms with E-state index in [-0.39, 0.29) is 24.0 Å². The van der Waals surface area contributed by atoms with Gasteiger partial charge in [0.25, 0.3) is 5.56 Å². The van der Waals surface area contributed by atoms with Gasteiger partial charge in [-0.25, -0.2) is 4.98 Å². The highest BCUT2D eigenvalue weighted by Crippen LogP contribution is 2.36. The van der Waals surface area contributed by atoms with Gasteiger partial charge in [-0.15, -0.1) is 11.3 Å². The third kappa shape index (κ3) is 3.79. The summed E-state index contributed by atoms with van der Waals surface area (Å²) in [5, 5.41) is 4.10. The molecule has 2 aliphatic rings. The molecule has 1 unspecified atom stereocenters. The second kappa shape index (κ2) is 7.96. The summed E-state index contributed by atoms with van der Waals surface area (Å²) in [4.78, 5) is 34.4. The molecular weight excluding hydrogens is 422 g/mol. The topological polar surface area (TPSA) is 93.3 Å². The molecule has 0 spiro atoms. The van der Waals surface area contributed by atoms with E-state index in [9.17, 15) is 9.59 Å². The molecule has 0 saturated carbocycles. The molecule has 156 valence electrons. The third-order valence-corrected chi connectivity index (χ3v) is 7.43. The Labute approximate surface area is 181 Å². The van der Waals surface area contributed by atoms with Crippen LogP contribution in [0.25, 0.3) is 10.2 Å². The first-order valence-electron chi connectivity index (χ1n) is 9.89. The number of hydrogen-bond acceptors (Lipinski definition) is 7. The van der Waals surface area contributed by atoms with Crippen molar-refractivity contribution in [1.29, 1.82) is 0 Å². The van der Waals surface area contributed by atoms with Crippen LogP contribution in [0.2, 0.25) is 0 Å². The molecule has 0 fully saturated rings. The van der Waals surface area contributed by atoms with E-state index in [2.05, 4.69) is 22.2 Å². The number of benzene rings is 1. The molecule has 2 aromatic heterocycles. The maximum atomic E-state index is 12.6. The summed E-state index contributed by atoms with van der Waals surface area (Å²) in [6, 6.07) is 5.60. The number of nitrogens with one attached hydrogen (secondary N) is 2. The summed E-state index contributed by atoms with van der Waals surface area (Å²) in [6.45, 7) is 2.87. The molecule has 0 bridgehead atoms. The molecule has 2 N–H and O–H groups in total. The molecule has 0 saturated heterocycles. The van der Waals surface area contributed by atoms with E-state index < -0.39 is 0 Å². The van der Waals surface area contributed by atoms with Crippen LogP contribution in [0.1, 0.15) is 29.3 Å². The van der Waals surface area contributed by atoms with Crippen LogP contribution in [-0.4, -0.2) is 28.4 Å². The van der Waals surface area contributed by atoms with Gasteiger partial charge in [0.2, 0.25) is 12.7 Å². The predicted octanol–water partition coefficient (Wildman–Crippen LogP) is 3.25. The quantitative estimate of drug-likeness (QED) is 0.465. The van der Waals surface area contributed by atoms with Crippen molar-refractivity contribution < 1.29 is 14.3 Å². The fraction of sp³-hybridized carbons (Fsp3) is 0.381. The number of amides is 1. The Hall–Kier alpha value is -2.52. The minimum Gasteiger partial charge on any atom is -0.454 e. The van der Waals surface area contributed by atoms with Crippen LogP contribution in [0.15, 0.2) is 28.2 Å². The lowest BCUT2D eigenvalue weighted by molar-refractivity contribution is -0.118. The van der Waals surface area contributed by atoms with E-state index in [4.69, 9.17) is 9.47 Å². The summed E-state index contributed by atoms with van der Waals surface area (Å²) in [5.74, 6) is 2.11. The number of H-pyrrole nitrogens is 1. The highest BCUT2D eigenvalue weighted by Gasteiger charge is 2.23. The smallest absolute Gasteiger partial charge is 0.260 e. The first kappa shape index (κ1) is 19.4. The van der Waals surface area contributed by atoms with Gasteiger partial charge < -0.3 is 19.8 Å². The molecule has 1 aromatic carbocycles. The third-order valence-electron chi connectivity index (χ3n) is 5.41. The zero-order valence-electron chi connectivity index (χ0n) is 16.4. The molecule has 1 aliphatic heterocycles. The van der Waals surface area contributed by atoms with Crippen molar-refractivity contribution in [1.82, 2.24) is 15.3 Å². The predicted molar refractivity (Wildman–Crippen MR) is 117 cm³/mol. The van der Waals surface area contributed by atoms with Crippen LogP contribution >= 0.6 is 23.1 Å². The number of thioether (sulfide) groups is 1. The van der Waals surface area contributed by atoms with Crippen LogP contribution in [0.4, 0.5) is 0 Å². The Bertz CT molecular complexity index is 1190. The van der Waals surface area contributed by atoms with E-state index in [1.807, 2.05) is 18.2 Å². The van der Waals surface area contributed by atoms with Gasteiger partial charge in [-0.3, -0.25) is 9.59 Å². The Balaban J connectivity index is 1.22. The Kier molecular flexibility index (Phi) is 5.16. The summed E-state index contributed by atoms with van der Waals surface area (Å²) in [7, 11) is 0. The van der Waals surface area contributed by atoms with Gasteiger partial charge in [0, 0.05) is 11.4 Å². The summed E-state index contributed by atoms with van der Waals surface area (Å²) in [6.07, 6.45) is 3.06. The van der Waals surface area contributed by atoms with Gasteiger partial charge in [0.15, 0.2) is 16.7 Å². The van der Waals surface area contributed by atoms with E-state index in [1.165, 1.54) is 22.2 Å². The van der Waals surface area contributed by atoms with Crippen molar-refractivity contribution in [3.05, 3.63) is 44.6 Å². The van der Waals surface area contributed by atoms with Gasteiger partial charge in [0.05, 0.1) is 11.1 Å². The molecule has 30 heavy (non-hydrogen) atoms. The van der Waals surface area contributed by atoms with Crippen LogP contribution in [-0.2, 0) is 24.2 Å². The fourth-order valence-corrected chi connectivity index (χ4v) is 5.97. The second-order valence-corrected chi connectivity index (χ2v) is 9.70. The number of carbonyl (C=O) groups is 1. The molecule has 1 amide bonds. The van der Waals surface area contributed by atoms with E-state index in [0.717, 1.165) is 40.8 Å². The van der Waals surface area contributed by atoms with Gasteiger partial charge >= 0.3 is 0 Å². The number of fused-ring (bicyclic) bond motifs is 4. The van der Waals surface area contributed by atoms with Crippen molar-refractivity contribution in [2.45, 2.75) is 37.9 Å². The van der Waals surface area contributed by atoms with E-state index in [0.29, 0.717) is 23.4 Å². The zero-order chi connectivity index (χ0) is 20.7. The molecule has 3 heterocycles. The van der Waals surface area contributed by atoms with Gasteiger partial charge in [-0.05, 0) is 48.4 Å². The number of aromatic amines is 1. The summed E-state index contributed by atoms with van der Waals surface area (Å²) >= 11 is 2.86. The molecule has 1 atom stereocenters. The summed E-state index contributed by atoms with van der Waals surface area (Å²) < 4.78 is 10.6. The number of aromatic nitrogens is 2. The highest BCUT2D eigenvalue weighted by atomic mass is 32.2. The number of hydrogen-bond donors (Lipinski definition) is 2. The molecule has 3 aromatic rings. The number of carbonyl (C=O) groups excluding carboxylic acids is 1. The standard InChI is InChI=1S/C21H21N3O4S2/c1-11-2-4-13-16(6-11)30-20-18(13)19(26)23-21(24-20)29-9-17(25)22-8-12-3-5-14-15(7-12)28-10-27-14/h3,5,7,11H,2,4,6,8-10H2,1H3,(H,22,25)(H,23,24,26). The Morgan fingerprint density at radius 2 is 2.23 bits per heavy atom. The molecule has 5 rings (SSSR count). The van der Waals surface area contributed by atoms with Crippen molar-refractivity contribution in [2.75, 3.05) is 12.5 Å². The largest absolute Gasteiger partial charge is 0.454 e. The normalized spacial score (nSPS) is 17.2. The van der Waals surface area contributed by atoms with Crippen molar-refractivity contribution >= 4 is 39.2 Å². The maximum absolute atomic E-state index is 12.6. The molecule has 0 radical (unpaired) electrons. The minimum atomic E-state index is -0.125. The van der Waals surface area contributed by atoms with Crippen molar-refractivity contribution in [2.24, 2.45) is 5.92 Å². The first-order valence-corrected chi connectivity index (χ1v) is 11.7. The van der Waals surface area contributed by atoms with E-state index >= 15 is 0 Å². The SMILES string of the molecule is CC1CCc2c(sc3nc(SCC(=O)NCc4ccc5c(c4)OCO5)[nH]c(=O)c23)C1. The Morgan fingerprint density at radius 3 is 3.13 bits per heavy atom. The fourth-order valence-electron chi connectivity index (χ4n) is 3.83. The van der Waals surface area contributed by atoms with Crippen LogP contribution in [0.3, 0.4) is 0 Å². The maximum Gasteiger partial charge on any atom is 0.260 e. The number of rotatable bonds is 5. The highest BCUT2D eigenvalue weighted by molar-refractivity contribution is 7.99. The molecule has 9 heteroatoms. The lowest BCUT2D eigenvalue weighted by atomic mass is 9.89. The Morgan fingerprint density at radius 1 is 1.37 bits per heavy atom. The monoisotopic (exact) mass is 443 g/mol. The number of ether oxygens (including phenoxy) is 2. The van der Waals surface area contributed by atoms with Gasteiger partial charge in [0.1, 0.15) is 4.83 Å². The van der Waals surface area contributed by atoms with Crippen molar-refractivity contribution in [3.63, 3.8) is 0 Å². The molecule has 1 aliphatic carbocycles. The zero-order valence-corrected chi connectivity index (χ0v) is 18.1. The lowest BCUT2D eigenvalue weighted by Gasteiger charge is -2.17. The lowest BCUT2D eigenvalue weighted by Crippen LogP contribution is -2.24. The van der Waals surface area contributed by atoms with Crippen LogP contribution in [0, 0.1) is 5.92 Å². The van der Waals surface area contributed by atoms with Crippen LogP contribution in [0.5, 0.6) is 11.5 Å². The van der Waals surface area contributed by atoms with Crippen molar-refractivity contribution in [3.8, 4) is 11.5 Å². The number of thiophene rings is 1. The average molecular weight is 444 g/mol. The van der Waals surface area contributed by atoms with E-state index in [1.54, 1.807) is 11.3 Å². The summed E-state index contributed by atoms with van der Waals surface area (Å²) in [5.41, 5.74) is 2.00. The minimum absolute atomic E-state index is 0.102. The van der Waals surface area contributed by atoms with Crippen LogP contribution < -0.4 is 20.3 Å². The van der Waals surface area contributed by atoms with Gasteiger partial charge in [-0.2, -0.15) is 0 Å².